The average molecular weight is 355 g/mol. The Kier molecular flexibility index (Phi) is 5.40. The zero-order valence-corrected chi connectivity index (χ0v) is 13.7. The number of rotatable bonds is 5. The molecule has 0 saturated heterocycles. The van der Waals surface area contributed by atoms with Crippen LogP contribution in [0, 0.1) is 6.92 Å². The molecule has 2 rings (SSSR count). The molecule has 20 heavy (non-hydrogen) atoms. The highest BCUT2D eigenvalue weighted by molar-refractivity contribution is 9.10. The van der Waals surface area contributed by atoms with Crippen LogP contribution in [0.25, 0.3) is 0 Å². The Morgan fingerprint density at radius 1 is 1.35 bits per heavy atom. The Labute approximate surface area is 132 Å². The summed E-state index contributed by atoms with van der Waals surface area (Å²) in [6, 6.07) is 10.1. The zero-order chi connectivity index (χ0) is 14.5. The Hall–Kier alpha value is -1.10. The second-order valence-electron chi connectivity index (χ2n) is 4.59. The highest BCUT2D eigenvalue weighted by Gasteiger charge is 2.14. The van der Waals surface area contributed by atoms with Gasteiger partial charge in [0.05, 0.1) is 5.02 Å². The highest BCUT2D eigenvalue weighted by atomic mass is 79.9. The van der Waals surface area contributed by atoms with Crippen molar-refractivity contribution in [2.75, 3.05) is 18.0 Å². The molecule has 0 aliphatic carbocycles. The van der Waals surface area contributed by atoms with Crippen LogP contribution in [-0.2, 0) is 0 Å². The van der Waals surface area contributed by atoms with E-state index in [2.05, 4.69) is 50.9 Å². The summed E-state index contributed by atoms with van der Waals surface area (Å²) >= 11 is 9.71. The molecule has 1 aromatic heterocycles. The zero-order valence-electron chi connectivity index (χ0n) is 11.3. The molecule has 1 aromatic carbocycles. The second kappa shape index (κ2) is 7.07. The number of aromatic nitrogens is 1. The van der Waals surface area contributed by atoms with Crippen LogP contribution in [0.4, 0.5) is 11.5 Å². The lowest BCUT2D eigenvalue weighted by atomic mass is 10.2. The maximum absolute atomic E-state index is 6.33. The van der Waals surface area contributed by atoms with Crippen LogP contribution in [0.15, 0.2) is 41.0 Å². The van der Waals surface area contributed by atoms with Gasteiger partial charge in [0, 0.05) is 22.9 Å². The third-order valence-electron chi connectivity index (χ3n) is 2.94. The van der Waals surface area contributed by atoms with E-state index >= 15 is 0 Å². The van der Waals surface area contributed by atoms with Crippen LogP contribution in [-0.4, -0.2) is 18.1 Å². The maximum atomic E-state index is 6.33. The third kappa shape index (κ3) is 3.72. The van der Waals surface area contributed by atoms with Crippen LogP contribution in [0.2, 0.25) is 5.02 Å². The van der Waals surface area contributed by atoms with Gasteiger partial charge in [-0.1, -0.05) is 23.7 Å². The third-order valence-corrected chi connectivity index (χ3v) is 3.66. The summed E-state index contributed by atoms with van der Waals surface area (Å²) in [5.41, 5.74) is 7.92. The summed E-state index contributed by atoms with van der Waals surface area (Å²) in [4.78, 5) is 6.55. The molecule has 0 spiro atoms. The van der Waals surface area contributed by atoms with Crippen molar-refractivity contribution in [1.82, 2.24) is 4.98 Å². The maximum Gasteiger partial charge on any atom is 0.151 e. The lowest BCUT2D eigenvalue weighted by Crippen LogP contribution is -2.22. The Morgan fingerprint density at radius 2 is 2.15 bits per heavy atom. The molecule has 2 N–H and O–H groups in total. The van der Waals surface area contributed by atoms with Crippen molar-refractivity contribution in [3.05, 3.63) is 51.6 Å². The van der Waals surface area contributed by atoms with E-state index in [-0.39, 0.29) is 0 Å². The molecule has 0 radical (unpaired) electrons. The van der Waals surface area contributed by atoms with E-state index in [4.69, 9.17) is 17.3 Å². The topological polar surface area (TPSA) is 42.1 Å². The van der Waals surface area contributed by atoms with Crippen LogP contribution >= 0.6 is 27.5 Å². The molecule has 0 unspecified atom stereocenters. The van der Waals surface area contributed by atoms with Crippen molar-refractivity contribution < 1.29 is 0 Å². The fourth-order valence-electron chi connectivity index (χ4n) is 2.01. The van der Waals surface area contributed by atoms with Crippen molar-refractivity contribution in [1.29, 1.82) is 0 Å². The van der Waals surface area contributed by atoms with Crippen LogP contribution in [0.1, 0.15) is 12.0 Å². The van der Waals surface area contributed by atoms with Gasteiger partial charge >= 0.3 is 0 Å². The van der Waals surface area contributed by atoms with Crippen molar-refractivity contribution >= 4 is 39.0 Å². The predicted octanol–water partition coefficient (Wildman–Crippen LogP) is 4.29. The predicted molar refractivity (Wildman–Crippen MR) is 88.8 cm³/mol. The molecule has 0 aliphatic heterocycles. The molecule has 0 fully saturated rings. The molecule has 0 atom stereocenters. The molecule has 3 nitrogen and oxygen atoms in total. The first-order valence-electron chi connectivity index (χ1n) is 6.47. The normalized spacial score (nSPS) is 10.6. The van der Waals surface area contributed by atoms with Gasteiger partial charge in [-0.3, -0.25) is 0 Å². The van der Waals surface area contributed by atoms with Gasteiger partial charge in [0.1, 0.15) is 0 Å². The van der Waals surface area contributed by atoms with Gasteiger partial charge in [-0.25, -0.2) is 4.98 Å². The number of aryl methyl sites for hydroxylation is 1. The van der Waals surface area contributed by atoms with E-state index in [1.165, 1.54) is 5.56 Å². The van der Waals surface area contributed by atoms with Gasteiger partial charge in [-0.15, -0.1) is 0 Å². The summed E-state index contributed by atoms with van der Waals surface area (Å²) in [7, 11) is 0. The number of nitrogens with zero attached hydrogens (tertiary/aromatic N) is 2. The lowest BCUT2D eigenvalue weighted by Gasteiger charge is -2.25. The number of benzene rings is 1. The van der Waals surface area contributed by atoms with Crippen LogP contribution < -0.4 is 10.6 Å². The van der Waals surface area contributed by atoms with E-state index in [1.807, 2.05) is 12.1 Å². The minimum atomic E-state index is 0.623. The minimum absolute atomic E-state index is 0.623. The Balaban J connectivity index is 2.41. The fraction of sp³-hybridized carbons (Fsp3) is 0.267. The minimum Gasteiger partial charge on any atom is -0.330 e. The first-order valence-corrected chi connectivity index (χ1v) is 7.64. The van der Waals surface area contributed by atoms with Gasteiger partial charge in [0.25, 0.3) is 0 Å². The van der Waals surface area contributed by atoms with E-state index in [0.717, 1.165) is 28.9 Å². The van der Waals surface area contributed by atoms with Crippen molar-refractivity contribution in [3.8, 4) is 0 Å². The first-order chi connectivity index (χ1) is 9.61. The molecule has 0 amide bonds. The second-order valence-corrected chi connectivity index (χ2v) is 5.91. The standard InChI is InChI=1S/C15H17BrClN3/c1-11-4-2-5-13(8-11)20(7-3-6-18)15-14(17)9-12(16)10-19-15/h2,4-5,8-10H,3,6-7,18H2,1H3. The number of halogens is 2. The van der Waals surface area contributed by atoms with Crippen molar-refractivity contribution in [2.45, 2.75) is 13.3 Å². The van der Waals surface area contributed by atoms with Gasteiger partial charge in [0.2, 0.25) is 0 Å². The summed E-state index contributed by atoms with van der Waals surface area (Å²) < 4.78 is 0.870. The smallest absolute Gasteiger partial charge is 0.151 e. The van der Waals surface area contributed by atoms with E-state index in [1.54, 1.807) is 6.20 Å². The average Bonchev–Trinajstić information content (AvgIpc) is 2.41. The number of hydrogen-bond donors (Lipinski definition) is 1. The quantitative estimate of drug-likeness (QED) is 0.871. The highest BCUT2D eigenvalue weighted by Crippen LogP contribution is 2.32. The molecular weight excluding hydrogens is 338 g/mol. The largest absolute Gasteiger partial charge is 0.330 e. The van der Waals surface area contributed by atoms with E-state index in [0.29, 0.717) is 11.6 Å². The van der Waals surface area contributed by atoms with E-state index < -0.39 is 0 Å². The summed E-state index contributed by atoms with van der Waals surface area (Å²) in [6.07, 6.45) is 2.63. The SMILES string of the molecule is Cc1cccc(N(CCCN)c2ncc(Br)cc2Cl)c1. The molecule has 2 aromatic rings. The number of nitrogens with two attached hydrogens (primary N) is 1. The van der Waals surface area contributed by atoms with Gasteiger partial charge in [0.15, 0.2) is 5.82 Å². The molecule has 1 heterocycles. The molecular formula is C15H17BrClN3. The number of anilines is 2. The van der Waals surface area contributed by atoms with Crippen molar-refractivity contribution in [2.24, 2.45) is 5.73 Å². The molecule has 106 valence electrons. The Bertz CT molecular complexity index is 589. The van der Waals surface area contributed by atoms with Crippen LogP contribution in [0.3, 0.4) is 0 Å². The number of pyridine rings is 1. The Morgan fingerprint density at radius 3 is 2.80 bits per heavy atom. The summed E-state index contributed by atoms with van der Waals surface area (Å²) in [5, 5.41) is 0.623. The fourth-order valence-corrected chi connectivity index (χ4v) is 2.74. The van der Waals surface area contributed by atoms with Crippen molar-refractivity contribution in [3.63, 3.8) is 0 Å². The molecule has 0 saturated carbocycles. The van der Waals surface area contributed by atoms with E-state index in [9.17, 15) is 0 Å². The summed E-state index contributed by atoms with van der Waals surface area (Å²) in [5.74, 6) is 0.758. The van der Waals surface area contributed by atoms with Gasteiger partial charge < -0.3 is 10.6 Å². The summed E-state index contributed by atoms with van der Waals surface area (Å²) in [6.45, 7) is 3.49. The molecule has 0 bridgehead atoms. The molecule has 0 aliphatic rings. The van der Waals surface area contributed by atoms with Crippen LogP contribution in [0.5, 0.6) is 0 Å². The van der Waals surface area contributed by atoms with Gasteiger partial charge in [-0.2, -0.15) is 0 Å². The lowest BCUT2D eigenvalue weighted by molar-refractivity contribution is 0.810. The number of hydrogen-bond acceptors (Lipinski definition) is 3. The monoisotopic (exact) mass is 353 g/mol. The molecule has 5 heteroatoms. The van der Waals surface area contributed by atoms with Gasteiger partial charge in [-0.05, 0) is 59.6 Å². The first kappa shape index (κ1) is 15.3.